The molecule has 6 heteroatoms. The standard InChI is InChI=1S/C23H28N4O2/c1-17(23(29)27-16-22(28)24-19-10-4-6-12-21(19)27)25(2)15-18-9-3-5-11-20(18)26-13-7-8-14-26/h3-6,9-12,17H,7-8,13-16H2,1-2H3,(H,24,28). The third kappa shape index (κ3) is 3.98. The molecule has 0 spiro atoms. The fraction of sp³-hybridized carbons (Fsp3) is 0.391. The van der Waals surface area contributed by atoms with Crippen LogP contribution in [-0.2, 0) is 16.1 Å². The lowest BCUT2D eigenvalue weighted by atomic mass is 10.1. The van der Waals surface area contributed by atoms with Crippen LogP contribution in [0, 0.1) is 0 Å². The Bertz CT molecular complexity index is 907. The molecule has 0 bridgehead atoms. The first-order valence-corrected chi connectivity index (χ1v) is 10.3. The number of nitrogens with zero attached hydrogens (tertiary/aromatic N) is 3. The van der Waals surface area contributed by atoms with Gasteiger partial charge >= 0.3 is 0 Å². The molecule has 1 saturated heterocycles. The smallest absolute Gasteiger partial charge is 0.244 e. The lowest BCUT2D eigenvalue weighted by Gasteiger charge is -2.34. The van der Waals surface area contributed by atoms with Gasteiger partial charge in [0.15, 0.2) is 0 Å². The van der Waals surface area contributed by atoms with Crippen molar-refractivity contribution in [2.45, 2.75) is 32.4 Å². The number of anilines is 3. The van der Waals surface area contributed by atoms with E-state index in [1.165, 1.54) is 24.1 Å². The molecule has 0 aromatic heterocycles. The molecule has 1 fully saturated rings. The number of hydrogen-bond acceptors (Lipinski definition) is 4. The zero-order valence-electron chi connectivity index (χ0n) is 17.1. The van der Waals surface area contributed by atoms with E-state index in [0.29, 0.717) is 12.2 Å². The molecular formula is C23H28N4O2. The van der Waals surface area contributed by atoms with E-state index in [2.05, 4.69) is 39.4 Å². The normalized spacial score (nSPS) is 17.3. The molecule has 0 radical (unpaired) electrons. The molecule has 2 aromatic carbocycles. The van der Waals surface area contributed by atoms with Gasteiger partial charge in [-0.1, -0.05) is 30.3 Å². The van der Waals surface area contributed by atoms with Crippen molar-refractivity contribution in [2.75, 3.05) is 41.8 Å². The Labute approximate surface area is 172 Å². The van der Waals surface area contributed by atoms with Crippen LogP contribution in [0.15, 0.2) is 48.5 Å². The maximum absolute atomic E-state index is 13.3. The van der Waals surface area contributed by atoms with Crippen LogP contribution in [0.3, 0.4) is 0 Å². The van der Waals surface area contributed by atoms with Crippen LogP contribution in [0.25, 0.3) is 0 Å². The summed E-state index contributed by atoms with van der Waals surface area (Å²) in [6, 6.07) is 15.6. The van der Waals surface area contributed by atoms with E-state index in [0.717, 1.165) is 18.8 Å². The summed E-state index contributed by atoms with van der Waals surface area (Å²) in [7, 11) is 1.97. The maximum atomic E-state index is 13.3. The zero-order chi connectivity index (χ0) is 20.4. The van der Waals surface area contributed by atoms with Crippen LogP contribution in [-0.4, -0.2) is 49.4 Å². The number of fused-ring (bicyclic) bond motifs is 1. The summed E-state index contributed by atoms with van der Waals surface area (Å²) in [4.78, 5) is 31.5. The molecule has 0 aliphatic carbocycles. The minimum absolute atomic E-state index is 0.0540. The van der Waals surface area contributed by atoms with E-state index in [4.69, 9.17) is 0 Å². The van der Waals surface area contributed by atoms with Gasteiger partial charge in [-0.05, 0) is 50.6 Å². The summed E-state index contributed by atoms with van der Waals surface area (Å²) >= 11 is 0. The van der Waals surface area contributed by atoms with Gasteiger partial charge in [-0.25, -0.2) is 0 Å². The molecule has 1 unspecified atom stereocenters. The number of para-hydroxylation sites is 3. The van der Waals surface area contributed by atoms with Crippen molar-refractivity contribution < 1.29 is 9.59 Å². The van der Waals surface area contributed by atoms with E-state index in [1.807, 2.05) is 38.2 Å². The van der Waals surface area contributed by atoms with Gasteiger partial charge in [-0.3, -0.25) is 19.4 Å². The second-order valence-electron chi connectivity index (χ2n) is 7.90. The van der Waals surface area contributed by atoms with Crippen LogP contribution in [0.2, 0.25) is 0 Å². The highest BCUT2D eigenvalue weighted by Gasteiger charge is 2.31. The van der Waals surface area contributed by atoms with E-state index < -0.39 is 0 Å². The molecule has 2 aromatic rings. The predicted octanol–water partition coefficient (Wildman–Crippen LogP) is 3.09. The maximum Gasteiger partial charge on any atom is 0.244 e. The number of nitrogens with one attached hydrogen (secondary N) is 1. The molecule has 1 N–H and O–H groups in total. The molecule has 152 valence electrons. The van der Waals surface area contributed by atoms with Gasteiger partial charge in [-0.15, -0.1) is 0 Å². The fourth-order valence-electron chi connectivity index (χ4n) is 4.16. The molecule has 6 nitrogen and oxygen atoms in total. The van der Waals surface area contributed by atoms with E-state index in [1.54, 1.807) is 4.90 Å². The summed E-state index contributed by atoms with van der Waals surface area (Å²) in [6.07, 6.45) is 2.46. The average molecular weight is 393 g/mol. The number of amides is 2. The molecular weight excluding hydrogens is 364 g/mol. The van der Waals surface area contributed by atoms with Gasteiger partial charge in [0.2, 0.25) is 11.8 Å². The molecule has 4 rings (SSSR count). The summed E-state index contributed by atoms with van der Waals surface area (Å²) in [6.45, 7) is 4.83. The molecule has 29 heavy (non-hydrogen) atoms. The fourth-order valence-corrected chi connectivity index (χ4v) is 4.16. The van der Waals surface area contributed by atoms with E-state index >= 15 is 0 Å². The van der Waals surface area contributed by atoms with Crippen molar-refractivity contribution >= 4 is 28.9 Å². The van der Waals surface area contributed by atoms with Crippen molar-refractivity contribution in [3.8, 4) is 0 Å². The SMILES string of the molecule is CC(C(=O)N1CC(=O)Nc2ccccc21)N(C)Cc1ccccc1N1CCCC1. The minimum atomic E-state index is -0.347. The Kier molecular flexibility index (Phi) is 5.53. The van der Waals surface area contributed by atoms with Gasteiger partial charge in [0.1, 0.15) is 6.54 Å². The number of rotatable bonds is 5. The lowest BCUT2D eigenvalue weighted by molar-refractivity contribution is -0.125. The first-order chi connectivity index (χ1) is 14.0. The second-order valence-corrected chi connectivity index (χ2v) is 7.90. The van der Waals surface area contributed by atoms with Gasteiger partial charge < -0.3 is 10.2 Å². The quantitative estimate of drug-likeness (QED) is 0.850. The summed E-state index contributed by atoms with van der Waals surface area (Å²) in [5.41, 5.74) is 3.94. The number of benzene rings is 2. The Balaban J connectivity index is 1.51. The van der Waals surface area contributed by atoms with Crippen LogP contribution in [0.4, 0.5) is 17.1 Å². The van der Waals surface area contributed by atoms with Crippen molar-refractivity contribution in [3.05, 3.63) is 54.1 Å². The first kappa shape index (κ1) is 19.5. The number of likely N-dealkylation sites (N-methyl/N-ethyl adjacent to an activating group) is 1. The van der Waals surface area contributed by atoms with Gasteiger partial charge in [0.25, 0.3) is 0 Å². The monoisotopic (exact) mass is 392 g/mol. The van der Waals surface area contributed by atoms with Crippen LogP contribution in [0.1, 0.15) is 25.3 Å². The Morgan fingerprint density at radius 1 is 1.07 bits per heavy atom. The first-order valence-electron chi connectivity index (χ1n) is 10.3. The topological polar surface area (TPSA) is 55.9 Å². The summed E-state index contributed by atoms with van der Waals surface area (Å²) in [5, 5.41) is 2.84. The van der Waals surface area contributed by atoms with Crippen LogP contribution < -0.4 is 15.1 Å². The minimum Gasteiger partial charge on any atom is -0.371 e. The highest BCUT2D eigenvalue weighted by Crippen LogP contribution is 2.30. The van der Waals surface area contributed by atoms with E-state index in [9.17, 15) is 9.59 Å². The van der Waals surface area contributed by atoms with Crippen molar-refractivity contribution in [1.82, 2.24) is 4.90 Å². The van der Waals surface area contributed by atoms with Crippen molar-refractivity contribution in [3.63, 3.8) is 0 Å². The highest BCUT2D eigenvalue weighted by atomic mass is 16.2. The van der Waals surface area contributed by atoms with Crippen molar-refractivity contribution in [1.29, 1.82) is 0 Å². The second kappa shape index (κ2) is 8.25. The van der Waals surface area contributed by atoms with Gasteiger partial charge in [0.05, 0.1) is 17.4 Å². The molecule has 2 amide bonds. The van der Waals surface area contributed by atoms with Crippen LogP contribution >= 0.6 is 0 Å². The Morgan fingerprint density at radius 2 is 1.72 bits per heavy atom. The highest BCUT2D eigenvalue weighted by molar-refractivity contribution is 6.11. The lowest BCUT2D eigenvalue weighted by Crippen LogP contribution is -2.50. The largest absolute Gasteiger partial charge is 0.371 e. The van der Waals surface area contributed by atoms with E-state index in [-0.39, 0.29) is 24.4 Å². The zero-order valence-corrected chi connectivity index (χ0v) is 17.1. The Hall–Kier alpha value is -2.86. The molecule has 1 atom stereocenters. The molecule has 2 aliphatic heterocycles. The predicted molar refractivity (Wildman–Crippen MR) is 116 cm³/mol. The summed E-state index contributed by atoms with van der Waals surface area (Å²) in [5.74, 6) is -0.222. The van der Waals surface area contributed by atoms with Crippen LogP contribution in [0.5, 0.6) is 0 Å². The Morgan fingerprint density at radius 3 is 2.48 bits per heavy atom. The summed E-state index contributed by atoms with van der Waals surface area (Å²) < 4.78 is 0. The third-order valence-corrected chi connectivity index (χ3v) is 5.91. The van der Waals surface area contributed by atoms with Gasteiger partial charge in [-0.2, -0.15) is 0 Å². The molecule has 0 saturated carbocycles. The number of carbonyl (C=O) groups is 2. The van der Waals surface area contributed by atoms with Gasteiger partial charge in [0, 0.05) is 25.3 Å². The third-order valence-electron chi connectivity index (χ3n) is 5.91. The van der Waals surface area contributed by atoms with Crippen molar-refractivity contribution in [2.24, 2.45) is 0 Å². The molecule has 2 aliphatic rings. The number of carbonyl (C=O) groups excluding carboxylic acids is 2. The number of hydrogen-bond donors (Lipinski definition) is 1. The average Bonchev–Trinajstić information content (AvgIpc) is 3.27. The molecule has 2 heterocycles.